The van der Waals surface area contributed by atoms with E-state index in [9.17, 15) is 0 Å². The van der Waals surface area contributed by atoms with Gasteiger partial charge in [-0.3, -0.25) is 0 Å². The maximum absolute atomic E-state index is 5.79. The van der Waals surface area contributed by atoms with Crippen LogP contribution in [0.1, 0.15) is 20.8 Å². The minimum absolute atomic E-state index is 0.0406. The van der Waals surface area contributed by atoms with Crippen molar-refractivity contribution in [3.63, 3.8) is 0 Å². The van der Waals surface area contributed by atoms with Crippen molar-refractivity contribution in [2.75, 3.05) is 0 Å². The van der Waals surface area contributed by atoms with Gasteiger partial charge in [-0.15, -0.1) is 0 Å². The van der Waals surface area contributed by atoms with Gasteiger partial charge in [0.05, 0.1) is 0 Å². The molecule has 0 unspecified atom stereocenters. The van der Waals surface area contributed by atoms with Gasteiger partial charge in [0.2, 0.25) is 0 Å². The van der Waals surface area contributed by atoms with Crippen molar-refractivity contribution < 1.29 is 9.05 Å². The second-order valence-electron chi connectivity index (χ2n) is 4.49. The molecule has 0 aliphatic carbocycles. The van der Waals surface area contributed by atoms with E-state index < -0.39 is 6.11 Å². The third-order valence-corrected chi connectivity index (χ3v) is 5.09. The first-order chi connectivity index (χ1) is 6.88. The molecule has 0 saturated carbocycles. The normalized spacial score (nSPS) is 17.8. The van der Waals surface area contributed by atoms with E-state index in [1.807, 2.05) is 24.3 Å². The van der Waals surface area contributed by atoms with Crippen molar-refractivity contribution in [2.45, 2.75) is 26.3 Å². The van der Waals surface area contributed by atoms with Crippen LogP contribution in [-0.2, 0) is 0 Å². The number of para-hydroxylation sites is 2. The van der Waals surface area contributed by atoms with Gasteiger partial charge in [-0.25, -0.2) is 0 Å². The average molecular weight is 290 g/mol. The van der Waals surface area contributed by atoms with Crippen LogP contribution >= 0.6 is 6.11 Å². The summed E-state index contributed by atoms with van der Waals surface area (Å²) in [5.41, 5.74) is -0.0406. The molecular weight excluding hydrogens is 276 g/mol. The van der Waals surface area contributed by atoms with E-state index in [0.717, 1.165) is 11.5 Å². The van der Waals surface area contributed by atoms with Crippen LogP contribution in [0.3, 0.4) is 0 Å². The summed E-state index contributed by atoms with van der Waals surface area (Å²) >= 11 is 3.01. The summed E-state index contributed by atoms with van der Waals surface area (Å²) in [7, 11) is 0. The van der Waals surface area contributed by atoms with E-state index in [1.165, 1.54) is 0 Å². The molecule has 0 amide bonds. The number of rotatable bonds is 1. The molecule has 1 aromatic rings. The average Bonchev–Trinajstić information content (AvgIpc) is 2.35. The Hall–Kier alpha value is -0.271. The SMILES string of the molecule is CC(C)(C)NP1(=[Se])Oc2ccccc2O1. The van der Waals surface area contributed by atoms with Gasteiger partial charge in [-0.05, 0) is 0 Å². The van der Waals surface area contributed by atoms with Gasteiger partial charge in [-0.1, -0.05) is 0 Å². The molecule has 0 saturated heterocycles. The molecule has 0 bridgehead atoms. The molecule has 0 aromatic heterocycles. The Balaban J connectivity index is 2.22. The number of hydrogen-bond acceptors (Lipinski definition) is 3. The van der Waals surface area contributed by atoms with Crippen molar-refractivity contribution >= 4 is 21.2 Å². The van der Waals surface area contributed by atoms with Crippen molar-refractivity contribution in [3.8, 4) is 11.5 Å². The molecule has 1 aromatic carbocycles. The third-order valence-electron chi connectivity index (χ3n) is 1.76. The van der Waals surface area contributed by atoms with Gasteiger partial charge in [-0.2, -0.15) is 0 Å². The molecule has 5 heteroatoms. The zero-order chi connectivity index (χ0) is 11.1. The molecule has 1 aliphatic heterocycles. The Morgan fingerprint density at radius 3 is 2.00 bits per heavy atom. The van der Waals surface area contributed by atoms with Gasteiger partial charge in [0.25, 0.3) is 0 Å². The molecule has 0 fully saturated rings. The monoisotopic (exact) mass is 291 g/mol. The summed E-state index contributed by atoms with van der Waals surface area (Å²) in [5.74, 6) is 1.61. The van der Waals surface area contributed by atoms with E-state index in [2.05, 4.69) is 41.0 Å². The number of nitrogens with one attached hydrogen (secondary N) is 1. The predicted molar refractivity (Wildman–Crippen MR) is 63.3 cm³/mol. The summed E-state index contributed by atoms with van der Waals surface area (Å²) in [6.07, 6.45) is -2.10. The summed E-state index contributed by atoms with van der Waals surface area (Å²) in [6, 6.07) is 7.71. The molecule has 3 nitrogen and oxygen atoms in total. The quantitative estimate of drug-likeness (QED) is 0.637. The van der Waals surface area contributed by atoms with E-state index in [4.69, 9.17) is 9.05 Å². The molecular formula is C10H14NO2PSe. The zero-order valence-electron chi connectivity index (χ0n) is 8.98. The van der Waals surface area contributed by atoms with Gasteiger partial charge in [0, 0.05) is 0 Å². The molecule has 2 rings (SSSR count). The Labute approximate surface area is 97.6 Å². The van der Waals surface area contributed by atoms with Gasteiger partial charge in [0.15, 0.2) is 0 Å². The molecule has 0 spiro atoms. The van der Waals surface area contributed by atoms with Crippen LogP contribution in [0.5, 0.6) is 11.5 Å². The fraction of sp³-hybridized carbons (Fsp3) is 0.400. The molecule has 0 atom stereocenters. The van der Waals surface area contributed by atoms with E-state index in [0.29, 0.717) is 0 Å². The fourth-order valence-electron chi connectivity index (χ4n) is 1.34. The summed E-state index contributed by atoms with van der Waals surface area (Å²) in [4.78, 5) is 0. The van der Waals surface area contributed by atoms with Crippen LogP contribution in [0.25, 0.3) is 0 Å². The van der Waals surface area contributed by atoms with Gasteiger partial charge < -0.3 is 0 Å². The first kappa shape index (κ1) is 11.2. The van der Waals surface area contributed by atoms with E-state index >= 15 is 0 Å². The van der Waals surface area contributed by atoms with Crippen molar-refractivity contribution in [1.82, 2.24) is 5.09 Å². The summed E-state index contributed by atoms with van der Waals surface area (Å²) in [6.45, 7) is 6.26. The topological polar surface area (TPSA) is 30.5 Å². The Morgan fingerprint density at radius 2 is 1.60 bits per heavy atom. The predicted octanol–water partition coefficient (Wildman–Crippen LogP) is 2.69. The molecule has 1 N–H and O–H groups in total. The van der Waals surface area contributed by atoms with Crippen LogP contribution in [0.2, 0.25) is 0 Å². The van der Waals surface area contributed by atoms with Crippen LogP contribution in [-0.4, -0.2) is 20.6 Å². The first-order valence-corrected chi connectivity index (χ1v) is 8.60. The van der Waals surface area contributed by atoms with Crippen molar-refractivity contribution in [2.24, 2.45) is 0 Å². The number of fused-ring (bicyclic) bond motifs is 1. The molecule has 0 radical (unpaired) electrons. The summed E-state index contributed by atoms with van der Waals surface area (Å²) in [5, 5.41) is 3.35. The zero-order valence-corrected chi connectivity index (χ0v) is 11.6. The Kier molecular flexibility index (Phi) is 2.72. The number of hydrogen-bond donors (Lipinski definition) is 1. The Morgan fingerprint density at radius 1 is 1.13 bits per heavy atom. The fourth-order valence-corrected chi connectivity index (χ4v) is 5.84. The third kappa shape index (κ3) is 2.64. The van der Waals surface area contributed by atoms with Crippen molar-refractivity contribution in [3.05, 3.63) is 24.3 Å². The number of benzene rings is 1. The summed E-state index contributed by atoms with van der Waals surface area (Å²) < 4.78 is 11.6. The molecule has 82 valence electrons. The van der Waals surface area contributed by atoms with Gasteiger partial charge in [0.1, 0.15) is 0 Å². The Bertz CT molecular complexity index is 399. The molecule has 1 heterocycles. The second kappa shape index (κ2) is 3.64. The second-order valence-corrected chi connectivity index (χ2v) is 9.10. The van der Waals surface area contributed by atoms with E-state index in [1.54, 1.807) is 0 Å². The van der Waals surface area contributed by atoms with Crippen LogP contribution in [0, 0.1) is 0 Å². The van der Waals surface area contributed by atoms with Gasteiger partial charge >= 0.3 is 97.4 Å². The minimum atomic E-state index is -2.10. The van der Waals surface area contributed by atoms with Crippen molar-refractivity contribution in [1.29, 1.82) is 0 Å². The van der Waals surface area contributed by atoms with Crippen LogP contribution in [0.4, 0.5) is 0 Å². The molecule has 15 heavy (non-hydrogen) atoms. The maximum atomic E-state index is 5.79. The van der Waals surface area contributed by atoms with Crippen LogP contribution in [0.15, 0.2) is 24.3 Å². The molecule has 1 aliphatic rings. The first-order valence-electron chi connectivity index (χ1n) is 4.76. The standard InChI is InChI=1S/C10H14NO2PSe/c1-10(2,3)11-14(15)12-8-6-4-5-7-9(8)13-14/h4-7H,1-3H3,(H,11,15). The van der Waals surface area contributed by atoms with Crippen LogP contribution < -0.4 is 14.1 Å². The van der Waals surface area contributed by atoms with E-state index in [-0.39, 0.29) is 5.54 Å².